The molecule has 0 bridgehead atoms. The minimum absolute atomic E-state index is 0.226. The van der Waals surface area contributed by atoms with Crippen molar-refractivity contribution in [2.75, 3.05) is 16.9 Å². The van der Waals surface area contributed by atoms with Gasteiger partial charge in [-0.15, -0.1) is 0 Å². The Labute approximate surface area is 155 Å². The van der Waals surface area contributed by atoms with Crippen LogP contribution in [0, 0.1) is 9.39 Å². The molecule has 3 aromatic rings. The Balaban J connectivity index is 1.57. The van der Waals surface area contributed by atoms with Gasteiger partial charge in [-0.1, -0.05) is 0 Å². The summed E-state index contributed by atoms with van der Waals surface area (Å²) in [5.41, 5.74) is 8.26. The molecule has 3 heterocycles. The molecule has 10 heteroatoms. The quantitative estimate of drug-likeness (QED) is 0.348. The number of nitrogen functional groups attached to an aromatic ring is 1. The predicted molar refractivity (Wildman–Crippen MR) is 106 cm³/mol. The van der Waals surface area contributed by atoms with E-state index in [-0.39, 0.29) is 12.4 Å². The fourth-order valence-corrected chi connectivity index (χ4v) is 6.50. The van der Waals surface area contributed by atoms with Gasteiger partial charge < -0.3 is 0 Å². The van der Waals surface area contributed by atoms with Crippen LogP contribution < -0.4 is 10.5 Å². The van der Waals surface area contributed by atoms with Gasteiger partial charge in [-0.3, -0.25) is 0 Å². The number of aliphatic imine (C=N–C) groups is 1. The molecule has 3 N–H and O–H groups in total. The summed E-state index contributed by atoms with van der Waals surface area (Å²) >= 11 is -1.97. The molecule has 0 radical (unpaired) electrons. The van der Waals surface area contributed by atoms with Crippen LogP contribution in [0.4, 0.5) is 10.2 Å². The van der Waals surface area contributed by atoms with Crippen molar-refractivity contribution in [2.24, 2.45) is 8.20 Å². The Morgan fingerprint density at radius 1 is 1.31 bits per heavy atom. The molecule has 1 aliphatic heterocycles. The van der Waals surface area contributed by atoms with Gasteiger partial charge in [-0.05, 0) is 0 Å². The van der Waals surface area contributed by atoms with Crippen LogP contribution in [0.25, 0.3) is 11.2 Å². The summed E-state index contributed by atoms with van der Waals surface area (Å²) in [5.74, 6) is 0.527. The van der Waals surface area contributed by atoms with Gasteiger partial charge >= 0.3 is 156 Å². The third-order valence-corrected chi connectivity index (χ3v) is 7.97. The molecule has 0 amide bonds. The zero-order valence-electron chi connectivity index (χ0n) is 13.8. The number of H-pyrrole nitrogens is 1. The fourth-order valence-electron chi connectivity index (χ4n) is 2.37. The van der Waals surface area contributed by atoms with Gasteiger partial charge in [0.25, 0.3) is 0 Å². The van der Waals surface area contributed by atoms with Gasteiger partial charge in [-0.25, -0.2) is 0 Å². The molecule has 0 aliphatic carbocycles. The molecule has 4 rings (SSSR count). The van der Waals surface area contributed by atoms with E-state index in [2.05, 4.69) is 25.4 Å². The maximum atomic E-state index is 13.5. The van der Waals surface area contributed by atoms with Crippen molar-refractivity contribution in [2.45, 2.75) is 6.92 Å². The van der Waals surface area contributed by atoms with E-state index in [9.17, 15) is 4.39 Å². The zero-order valence-corrected chi connectivity index (χ0v) is 15.9. The summed E-state index contributed by atoms with van der Waals surface area (Å²) < 4.78 is 25.8. The Bertz CT molecular complexity index is 1030. The second-order valence-electron chi connectivity index (χ2n) is 5.50. The number of nitrogens with two attached hydrogens (primary N) is 1. The molecule has 134 valence electrons. The summed E-state index contributed by atoms with van der Waals surface area (Å²) in [6.07, 6.45) is 0. The summed E-state index contributed by atoms with van der Waals surface area (Å²) in [5, 5.41) is 10.5. The Morgan fingerprint density at radius 3 is 3.04 bits per heavy atom. The normalized spacial score (nSPS) is 15.7. The number of halogens is 2. The number of alkyl halides is 1. The Morgan fingerprint density at radius 2 is 2.19 bits per heavy atom. The van der Waals surface area contributed by atoms with E-state index in [1.165, 1.54) is 6.07 Å². The van der Waals surface area contributed by atoms with E-state index in [0.29, 0.717) is 27.3 Å². The summed E-state index contributed by atoms with van der Waals surface area (Å²) in [4.78, 5) is 8.64. The molecule has 8 nitrogen and oxygen atoms in total. The van der Waals surface area contributed by atoms with Crippen LogP contribution in [0.15, 0.2) is 38.5 Å². The number of rotatable bonds is 4. The number of fused-ring (bicyclic) bond motifs is 1. The SMILES string of the molecule is CC1=NCI(c2cccc(F)c2)N=C1COc1cc(N)nc2n[nH]nc12. The minimum atomic E-state index is -1.97. The van der Waals surface area contributed by atoms with Crippen molar-refractivity contribution >= 4 is 48.5 Å². The first kappa shape index (κ1) is 16.8. The number of aromatic amines is 1. The molecule has 26 heavy (non-hydrogen) atoms. The topological polar surface area (TPSA) is 114 Å². The van der Waals surface area contributed by atoms with Crippen LogP contribution in [0.5, 0.6) is 5.75 Å². The zero-order chi connectivity index (χ0) is 18.1. The summed E-state index contributed by atoms with van der Waals surface area (Å²) in [6, 6.07) is 8.20. The predicted octanol–water partition coefficient (Wildman–Crippen LogP) is 2.62. The Kier molecular flexibility index (Phi) is 4.49. The van der Waals surface area contributed by atoms with Crippen molar-refractivity contribution in [3.63, 3.8) is 0 Å². The summed E-state index contributed by atoms with van der Waals surface area (Å²) in [6.45, 7) is 2.12. The molecule has 2 aromatic heterocycles. The molecule has 1 aliphatic rings. The number of ether oxygens (including phenoxy) is 1. The molecule has 0 atom stereocenters. The van der Waals surface area contributed by atoms with E-state index < -0.39 is 20.1 Å². The first-order chi connectivity index (χ1) is 12.6. The number of nitrogens with one attached hydrogen (secondary N) is 1. The average Bonchev–Trinajstić information content (AvgIpc) is 3.09. The van der Waals surface area contributed by atoms with E-state index in [1.807, 2.05) is 13.0 Å². The number of aromatic nitrogens is 4. The van der Waals surface area contributed by atoms with Crippen LogP contribution in [0.3, 0.4) is 0 Å². The molecule has 0 spiro atoms. The van der Waals surface area contributed by atoms with E-state index in [4.69, 9.17) is 13.7 Å². The van der Waals surface area contributed by atoms with Crippen LogP contribution in [0.1, 0.15) is 6.92 Å². The van der Waals surface area contributed by atoms with Gasteiger partial charge in [0.05, 0.1) is 0 Å². The number of nitrogens with zero attached hydrogens (tertiary/aromatic N) is 5. The molecular weight excluding hydrogens is 452 g/mol. The van der Waals surface area contributed by atoms with E-state index in [1.54, 1.807) is 18.2 Å². The number of hydrogen-bond donors (Lipinski definition) is 2. The maximum absolute atomic E-state index is 13.5. The number of benzene rings is 1. The first-order valence-electron chi connectivity index (χ1n) is 7.70. The van der Waals surface area contributed by atoms with Crippen molar-refractivity contribution in [3.8, 4) is 5.75 Å². The van der Waals surface area contributed by atoms with Crippen LogP contribution in [0.2, 0.25) is 0 Å². The number of anilines is 1. The van der Waals surface area contributed by atoms with Crippen LogP contribution in [-0.2, 0) is 0 Å². The Hall–Kier alpha value is -2.63. The van der Waals surface area contributed by atoms with Crippen molar-refractivity contribution in [3.05, 3.63) is 39.7 Å². The summed E-state index contributed by atoms with van der Waals surface area (Å²) in [7, 11) is 0. The monoisotopic (exact) mass is 467 g/mol. The van der Waals surface area contributed by atoms with Crippen LogP contribution >= 0.6 is 20.1 Å². The average molecular weight is 467 g/mol. The second-order valence-corrected chi connectivity index (χ2v) is 9.84. The molecule has 0 unspecified atom stereocenters. The third-order valence-electron chi connectivity index (χ3n) is 3.71. The van der Waals surface area contributed by atoms with E-state index >= 15 is 0 Å². The van der Waals surface area contributed by atoms with Gasteiger partial charge in [0, 0.05) is 0 Å². The molecule has 0 saturated carbocycles. The number of pyridine rings is 1. The van der Waals surface area contributed by atoms with Gasteiger partial charge in [-0.2, -0.15) is 0 Å². The third kappa shape index (κ3) is 3.36. The van der Waals surface area contributed by atoms with E-state index in [0.717, 1.165) is 15.0 Å². The molecular formula is C16H15FIN7O. The van der Waals surface area contributed by atoms with Crippen molar-refractivity contribution in [1.29, 1.82) is 0 Å². The van der Waals surface area contributed by atoms with Crippen LogP contribution in [-0.4, -0.2) is 43.0 Å². The molecule has 1 aromatic carbocycles. The second kappa shape index (κ2) is 6.94. The van der Waals surface area contributed by atoms with Gasteiger partial charge in [0.1, 0.15) is 0 Å². The number of hydrogen-bond acceptors (Lipinski definition) is 7. The first-order valence-corrected chi connectivity index (χ1v) is 11.3. The van der Waals surface area contributed by atoms with Crippen molar-refractivity contribution < 1.29 is 9.13 Å². The van der Waals surface area contributed by atoms with Gasteiger partial charge in [0.2, 0.25) is 0 Å². The molecule has 0 fully saturated rings. The fraction of sp³-hybridized carbons (Fsp3) is 0.188. The van der Waals surface area contributed by atoms with Gasteiger partial charge in [0.15, 0.2) is 0 Å². The standard InChI is InChI=1S/C16H15FIN7O/c1-9-12(22-18(8-20-9)11-4-2-3-10(17)5-11)7-26-13-6-14(19)21-16-15(13)23-25-24-16/h2-6H,7-8H2,1H3,(H3,19,21,23,24,25). The van der Waals surface area contributed by atoms with Crippen molar-refractivity contribution in [1.82, 2.24) is 20.4 Å². The molecule has 0 saturated heterocycles.